The summed E-state index contributed by atoms with van der Waals surface area (Å²) in [7, 11) is 0. The van der Waals surface area contributed by atoms with Crippen LogP contribution in [0.15, 0.2) is 55.1 Å². The van der Waals surface area contributed by atoms with Crippen LogP contribution in [0.3, 0.4) is 0 Å². The van der Waals surface area contributed by atoms with Crippen molar-refractivity contribution in [3.8, 4) is 0 Å². The van der Waals surface area contributed by atoms with E-state index < -0.39 is 5.54 Å². The summed E-state index contributed by atoms with van der Waals surface area (Å²) in [5.74, 6) is 0. The van der Waals surface area contributed by atoms with Crippen molar-refractivity contribution in [2.75, 3.05) is 0 Å². The second kappa shape index (κ2) is 7.43. The summed E-state index contributed by atoms with van der Waals surface area (Å²) < 4.78 is 0. The number of aromatic amines is 1. The van der Waals surface area contributed by atoms with E-state index in [9.17, 15) is 4.79 Å². The normalized spacial score (nSPS) is 16.3. The van der Waals surface area contributed by atoms with Crippen molar-refractivity contribution in [2.45, 2.75) is 51.6 Å². The van der Waals surface area contributed by atoms with E-state index in [1.54, 1.807) is 0 Å². The van der Waals surface area contributed by atoms with Crippen molar-refractivity contribution >= 4 is 22.5 Å². The van der Waals surface area contributed by atoms with Gasteiger partial charge in [0.1, 0.15) is 0 Å². The molecule has 3 N–H and O–H groups in total. The van der Waals surface area contributed by atoms with Gasteiger partial charge in [-0.3, -0.25) is 0 Å². The van der Waals surface area contributed by atoms with Gasteiger partial charge >= 0.3 is 6.03 Å². The quantitative estimate of drug-likeness (QED) is 0.559. The predicted molar refractivity (Wildman–Crippen MR) is 120 cm³/mol. The van der Waals surface area contributed by atoms with Crippen molar-refractivity contribution < 1.29 is 4.79 Å². The molecule has 2 amide bonds. The first kappa shape index (κ1) is 19.3. The van der Waals surface area contributed by atoms with Crippen molar-refractivity contribution in [1.29, 1.82) is 0 Å². The zero-order valence-corrected chi connectivity index (χ0v) is 17.4. The Morgan fingerprint density at radius 1 is 1.17 bits per heavy atom. The second-order valence-corrected chi connectivity index (χ2v) is 8.65. The number of aryl methyl sites for hydroxylation is 1. The average molecular weight is 388 g/mol. The van der Waals surface area contributed by atoms with Gasteiger partial charge in [-0.15, -0.1) is 0 Å². The van der Waals surface area contributed by atoms with Gasteiger partial charge in [0.05, 0.1) is 5.54 Å². The molecular formula is C25H29N3O. The molecule has 150 valence electrons. The molecule has 3 aromatic rings. The molecule has 4 heteroatoms. The van der Waals surface area contributed by atoms with Gasteiger partial charge in [0.25, 0.3) is 0 Å². The van der Waals surface area contributed by atoms with Gasteiger partial charge in [0, 0.05) is 29.1 Å². The van der Waals surface area contributed by atoms with Gasteiger partial charge in [0.2, 0.25) is 0 Å². The van der Waals surface area contributed by atoms with Crippen LogP contribution in [0.25, 0.3) is 16.5 Å². The van der Waals surface area contributed by atoms with Crippen LogP contribution in [0.5, 0.6) is 0 Å². The molecule has 1 aliphatic rings. The monoisotopic (exact) mass is 387 g/mol. The fraction of sp³-hybridized carbons (Fsp3) is 0.320. The first-order valence-corrected chi connectivity index (χ1v) is 10.3. The van der Waals surface area contributed by atoms with E-state index in [4.69, 9.17) is 0 Å². The van der Waals surface area contributed by atoms with Crippen molar-refractivity contribution in [3.05, 3.63) is 77.5 Å². The summed E-state index contributed by atoms with van der Waals surface area (Å²) in [5.41, 5.74) is 6.53. The summed E-state index contributed by atoms with van der Waals surface area (Å²) >= 11 is 0. The number of amides is 2. The Morgan fingerprint density at radius 3 is 2.76 bits per heavy atom. The SMILES string of the molecule is C=C(C)c1cccc(C(C)(C)NC(=O)NC2CCc3c([nH]c4ccccc34)C2)c1. The Hall–Kier alpha value is -3.01. The fourth-order valence-electron chi connectivity index (χ4n) is 4.26. The number of benzene rings is 2. The Morgan fingerprint density at radius 2 is 1.97 bits per heavy atom. The number of urea groups is 1. The van der Waals surface area contributed by atoms with Gasteiger partial charge < -0.3 is 15.6 Å². The highest BCUT2D eigenvalue weighted by Crippen LogP contribution is 2.29. The number of nitrogens with one attached hydrogen (secondary N) is 3. The molecular weight excluding hydrogens is 358 g/mol. The molecule has 0 bridgehead atoms. The van der Waals surface area contributed by atoms with Gasteiger partial charge in [-0.05, 0) is 62.4 Å². The summed E-state index contributed by atoms with van der Waals surface area (Å²) in [4.78, 5) is 16.3. The number of carbonyl (C=O) groups excluding carboxylic acids is 1. The van der Waals surface area contributed by atoms with Crippen LogP contribution < -0.4 is 10.6 Å². The topological polar surface area (TPSA) is 56.9 Å². The standard InChI is InChI=1S/C25H29N3O/c1-16(2)17-8-7-9-18(14-17)25(3,4)28-24(29)26-19-12-13-21-20-10-5-6-11-22(20)27-23(21)15-19/h5-11,14,19,27H,1,12-13,15H2,2-4H3,(H2,26,28,29). The van der Waals surface area contributed by atoms with Crippen molar-refractivity contribution in [1.82, 2.24) is 15.6 Å². The van der Waals surface area contributed by atoms with Gasteiger partial charge in [-0.25, -0.2) is 4.79 Å². The van der Waals surface area contributed by atoms with Crippen molar-refractivity contribution in [3.63, 3.8) is 0 Å². The van der Waals surface area contributed by atoms with Gasteiger partial charge in [0.15, 0.2) is 0 Å². The maximum absolute atomic E-state index is 12.8. The van der Waals surface area contributed by atoms with Crippen LogP contribution in [-0.2, 0) is 18.4 Å². The molecule has 1 aromatic heterocycles. The molecule has 4 nitrogen and oxygen atoms in total. The number of H-pyrrole nitrogens is 1. The first-order valence-electron chi connectivity index (χ1n) is 10.3. The van der Waals surface area contributed by atoms with Crippen LogP contribution in [0.2, 0.25) is 0 Å². The molecule has 0 fully saturated rings. The number of para-hydroxylation sites is 1. The van der Waals surface area contributed by atoms with Crippen LogP contribution in [0.4, 0.5) is 4.79 Å². The van der Waals surface area contributed by atoms with Crippen LogP contribution in [-0.4, -0.2) is 17.1 Å². The zero-order chi connectivity index (χ0) is 20.6. The summed E-state index contributed by atoms with van der Waals surface area (Å²) in [6.45, 7) is 10.1. The van der Waals surface area contributed by atoms with Crippen molar-refractivity contribution in [2.24, 2.45) is 0 Å². The first-order chi connectivity index (χ1) is 13.8. The van der Waals surface area contributed by atoms with E-state index in [1.165, 1.54) is 22.2 Å². The van der Waals surface area contributed by atoms with Gasteiger partial charge in [-0.2, -0.15) is 0 Å². The van der Waals surface area contributed by atoms with E-state index >= 15 is 0 Å². The zero-order valence-electron chi connectivity index (χ0n) is 17.4. The number of hydrogen-bond acceptors (Lipinski definition) is 1. The number of rotatable bonds is 4. The molecule has 1 aliphatic carbocycles. The van der Waals surface area contributed by atoms with E-state index in [2.05, 4.69) is 52.5 Å². The smallest absolute Gasteiger partial charge is 0.315 e. The van der Waals surface area contributed by atoms with Crippen LogP contribution >= 0.6 is 0 Å². The molecule has 4 rings (SSSR count). The van der Waals surface area contributed by atoms with E-state index in [1.807, 2.05) is 39.0 Å². The fourth-order valence-corrected chi connectivity index (χ4v) is 4.26. The minimum atomic E-state index is -0.476. The third-order valence-electron chi connectivity index (χ3n) is 5.93. The highest BCUT2D eigenvalue weighted by molar-refractivity contribution is 5.85. The lowest BCUT2D eigenvalue weighted by Gasteiger charge is -2.30. The maximum atomic E-state index is 12.8. The molecule has 1 atom stereocenters. The maximum Gasteiger partial charge on any atom is 0.315 e. The van der Waals surface area contributed by atoms with Crippen LogP contribution in [0.1, 0.15) is 49.6 Å². The lowest BCUT2D eigenvalue weighted by atomic mass is 9.91. The second-order valence-electron chi connectivity index (χ2n) is 8.65. The third kappa shape index (κ3) is 3.93. The van der Waals surface area contributed by atoms with E-state index in [-0.39, 0.29) is 12.1 Å². The number of carbonyl (C=O) groups is 1. The highest BCUT2D eigenvalue weighted by Gasteiger charge is 2.27. The largest absolute Gasteiger partial charge is 0.358 e. The predicted octanol–water partition coefficient (Wildman–Crippen LogP) is 5.29. The number of allylic oxidation sites excluding steroid dienone is 1. The third-order valence-corrected chi connectivity index (χ3v) is 5.93. The molecule has 0 spiro atoms. The molecule has 0 saturated heterocycles. The Balaban J connectivity index is 1.43. The molecule has 2 aromatic carbocycles. The van der Waals surface area contributed by atoms with Gasteiger partial charge in [-0.1, -0.05) is 48.6 Å². The molecule has 29 heavy (non-hydrogen) atoms. The highest BCUT2D eigenvalue weighted by atomic mass is 16.2. The summed E-state index contributed by atoms with van der Waals surface area (Å²) in [6.07, 6.45) is 2.77. The molecule has 0 aliphatic heterocycles. The Kier molecular flexibility index (Phi) is 4.95. The number of fused-ring (bicyclic) bond motifs is 3. The molecule has 0 saturated carbocycles. The Bertz CT molecular complexity index is 1080. The summed E-state index contributed by atoms with van der Waals surface area (Å²) in [5, 5.41) is 7.64. The summed E-state index contributed by atoms with van der Waals surface area (Å²) in [6, 6.07) is 16.6. The molecule has 1 unspecified atom stereocenters. The number of aromatic nitrogens is 1. The minimum Gasteiger partial charge on any atom is -0.358 e. The molecule has 1 heterocycles. The lowest BCUT2D eigenvalue weighted by molar-refractivity contribution is 0.224. The molecule has 0 radical (unpaired) electrons. The Labute approximate surface area is 172 Å². The minimum absolute atomic E-state index is 0.125. The average Bonchev–Trinajstić information content (AvgIpc) is 3.05. The lowest BCUT2D eigenvalue weighted by Crippen LogP contribution is -2.50. The number of hydrogen-bond donors (Lipinski definition) is 3. The van der Waals surface area contributed by atoms with Crippen LogP contribution in [0, 0.1) is 0 Å². The van der Waals surface area contributed by atoms with E-state index in [0.717, 1.165) is 36.0 Å². The van der Waals surface area contributed by atoms with E-state index in [0.29, 0.717) is 0 Å².